The quantitative estimate of drug-likeness (QED) is 0.501. The lowest BCUT2D eigenvalue weighted by molar-refractivity contribution is -0.120. The first-order valence-corrected chi connectivity index (χ1v) is 11.5. The van der Waals surface area contributed by atoms with Crippen molar-refractivity contribution in [1.82, 2.24) is 24.5 Å². The van der Waals surface area contributed by atoms with Crippen LogP contribution in [0.1, 0.15) is 42.1 Å². The highest BCUT2D eigenvalue weighted by atomic mass is 32.1. The van der Waals surface area contributed by atoms with Crippen molar-refractivity contribution in [3.05, 3.63) is 68.2 Å². The molecule has 4 rings (SSSR count). The SMILES string of the molecule is Cc1ccc(C)c(-n2nc(-c3c(C)nc4scc(CC(=O)NC(C)C)n4c3=O)cc2C)c1. The standard InChI is InChI=1S/C24H27N5O2S/c1-13(2)25-21(30)11-18-12-32-24-26-17(6)22(23(31)28(18)24)19-10-16(5)29(27-19)20-9-14(3)7-8-15(20)4/h7-10,12-13H,11H2,1-6H3,(H,25,30). The topological polar surface area (TPSA) is 81.3 Å². The molecule has 8 heteroatoms. The molecule has 0 radical (unpaired) electrons. The van der Waals surface area contributed by atoms with Gasteiger partial charge in [0.1, 0.15) is 5.69 Å². The number of fused-ring (bicyclic) bond motifs is 1. The second-order valence-electron chi connectivity index (χ2n) is 8.49. The van der Waals surface area contributed by atoms with Crippen molar-refractivity contribution < 1.29 is 4.79 Å². The molecule has 32 heavy (non-hydrogen) atoms. The third-order valence-corrected chi connectivity index (χ3v) is 6.22. The van der Waals surface area contributed by atoms with Crippen molar-refractivity contribution in [3.8, 4) is 16.9 Å². The van der Waals surface area contributed by atoms with Crippen LogP contribution in [0.25, 0.3) is 21.9 Å². The van der Waals surface area contributed by atoms with E-state index in [1.165, 1.54) is 11.3 Å². The smallest absolute Gasteiger partial charge is 0.268 e. The molecule has 0 spiro atoms. The summed E-state index contributed by atoms with van der Waals surface area (Å²) in [6.45, 7) is 11.7. The lowest BCUT2D eigenvalue weighted by Gasteiger charge is -2.10. The fourth-order valence-electron chi connectivity index (χ4n) is 3.85. The van der Waals surface area contributed by atoms with Crippen LogP contribution in [0.5, 0.6) is 0 Å². The minimum Gasteiger partial charge on any atom is -0.354 e. The molecule has 1 aromatic carbocycles. The maximum Gasteiger partial charge on any atom is 0.268 e. The van der Waals surface area contributed by atoms with E-state index in [1.807, 2.05) is 57.7 Å². The van der Waals surface area contributed by atoms with Crippen LogP contribution in [0.2, 0.25) is 0 Å². The Hall–Kier alpha value is -3.26. The van der Waals surface area contributed by atoms with Crippen LogP contribution in [0.15, 0.2) is 34.4 Å². The van der Waals surface area contributed by atoms with E-state index in [0.717, 1.165) is 22.5 Å². The Balaban J connectivity index is 1.83. The second kappa shape index (κ2) is 8.35. The molecule has 3 aromatic heterocycles. The average molecular weight is 450 g/mol. The normalized spacial score (nSPS) is 11.5. The van der Waals surface area contributed by atoms with Gasteiger partial charge in [-0.1, -0.05) is 12.1 Å². The maximum absolute atomic E-state index is 13.6. The molecule has 7 nitrogen and oxygen atoms in total. The highest BCUT2D eigenvalue weighted by Crippen LogP contribution is 2.25. The summed E-state index contributed by atoms with van der Waals surface area (Å²) in [5.41, 5.74) is 6.26. The molecular weight excluding hydrogens is 422 g/mol. The maximum atomic E-state index is 13.6. The molecule has 166 valence electrons. The van der Waals surface area contributed by atoms with Crippen LogP contribution < -0.4 is 10.9 Å². The minimum absolute atomic E-state index is 0.0390. The number of carbonyl (C=O) groups excluding carboxylic acids is 1. The molecule has 0 unspecified atom stereocenters. The third kappa shape index (κ3) is 3.98. The van der Waals surface area contributed by atoms with Gasteiger partial charge in [0.2, 0.25) is 5.91 Å². The monoisotopic (exact) mass is 449 g/mol. The summed E-state index contributed by atoms with van der Waals surface area (Å²) in [5, 5.41) is 9.48. The van der Waals surface area contributed by atoms with Gasteiger partial charge in [0.15, 0.2) is 4.96 Å². The van der Waals surface area contributed by atoms with Gasteiger partial charge in [-0.3, -0.25) is 14.0 Å². The highest BCUT2D eigenvalue weighted by Gasteiger charge is 2.20. The minimum atomic E-state index is -0.202. The molecule has 0 fully saturated rings. The summed E-state index contributed by atoms with van der Waals surface area (Å²) < 4.78 is 3.41. The second-order valence-corrected chi connectivity index (χ2v) is 9.33. The summed E-state index contributed by atoms with van der Waals surface area (Å²) in [5.74, 6) is -0.122. The molecule has 0 aliphatic carbocycles. The van der Waals surface area contributed by atoms with Crippen LogP contribution in [-0.4, -0.2) is 31.1 Å². The van der Waals surface area contributed by atoms with Gasteiger partial charge in [-0.05, 0) is 64.8 Å². The number of nitrogens with one attached hydrogen (secondary N) is 1. The lowest BCUT2D eigenvalue weighted by Crippen LogP contribution is -2.32. The molecular formula is C24H27N5O2S. The first-order valence-electron chi connectivity index (χ1n) is 10.6. The largest absolute Gasteiger partial charge is 0.354 e. The number of aromatic nitrogens is 4. The first kappa shape index (κ1) is 22.0. The number of hydrogen-bond donors (Lipinski definition) is 1. The van der Waals surface area contributed by atoms with Crippen molar-refractivity contribution in [2.75, 3.05) is 0 Å². The van der Waals surface area contributed by atoms with E-state index in [0.29, 0.717) is 27.6 Å². The molecule has 0 saturated heterocycles. The molecule has 0 saturated carbocycles. The average Bonchev–Trinajstić information content (AvgIpc) is 3.26. The van der Waals surface area contributed by atoms with E-state index in [4.69, 9.17) is 5.10 Å². The van der Waals surface area contributed by atoms with Crippen molar-refractivity contribution in [1.29, 1.82) is 0 Å². The van der Waals surface area contributed by atoms with Crippen LogP contribution >= 0.6 is 11.3 Å². The summed E-state index contributed by atoms with van der Waals surface area (Å²) in [6, 6.07) is 8.18. The van der Waals surface area contributed by atoms with Gasteiger partial charge in [-0.25, -0.2) is 9.67 Å². The van der Waals surface area contributed by atoms with Gasteiger partial charge in [0.05, 0.1) is 23.4 Å². The van der Waals surface area contributed by atoms with Gasteiger partial charge in [-0.2, -0.15) is 5.10 Å². The van der Waals surface area contributed by atoms with Gasteiger partial charge in [0.25, 0.3) is 5.56 Å². The Bertz CT molecular complexity index is 1390. The molecule has 3 heterocycles. The number of carbonyl (C=O) groups is 1. The predicted molar refractivity (Wildman–Crippen MR) is 128 cm³/mol. The number of nitrogens with zero attached hydrogens (tertiary/aromatic N) is 4. The van der Waals surface area contributed by atoms with Gasteiger partial charge >= 0.3 is 0 Å². The van der Waals surface area contributed by atoms with Crippen LogP contribution in [0, 0.1) is 27.7 Å². The van der Waals surface area contributed by atoms with E-state index in [9.17, 15) is 9.59 Å². The number of aryl methyl sites for hydroxylation is 4. The van der Waals surface area contributed by atoms with Gasteiger partial charge in [0, 0.05) is 22.8 Å². The Morgan fingerprint density at radius 1 is 1.16 bits per heavy atom. The summed E-state index contributed by atoms with van der Waals surface area (Å²) >= 11 is 1.36. The molecule has 1 amide bonds. The Morgan fingerprint density at radius 2 is 1.91 bits per heavy atom. The van der Waals surface area contributed by atoms with Gasteiger partial charge < -0.3 is 5.32 Å². The molecule has 0 atom stereocenters. The van der Waals surface area contributed by atoms with Crippen LogP contribution in [0.4, 0.5) is 0 Å². The van der Waals surface area contributed by atoms with E-state index >= 15 is 0 Å². The zero-order valence-corrected chi connectivity index (χ0v) is 20.0. The summed E-state index contributed by atoms with van der Waals surface area (Å²) in [6.07, 6.45) is 0.123. The lowest BCUT2D eigenvalue weighted by atomic mass is 10.1. The Kier molecular flexibility index (Phi) is 5.73. The van der Waals surface area contributed by atoms with Crippen LogP contribution in [0.3, 0.4) is 0 Å². The van der Waals surface area contributed by atoms with Crippen LogP contribution in [-0.2, 0) is 11.2 Å². The van der Waals surface area contributed by atoms with Crippen molar-refractivity contribution in [2.24, 2.45) is 0 Å². The van der Waals surface area contributed by atoms with E-state index in [1.54, 1.807) is 4.40 Å². The Morgan fingerprint density at radius 3 is 2.62 bits per heavy atom. The number of rotatable bonds is 5. The number of amides is 1. The zero-order chi connectivity index (χ0) is 23.2. The predicted octanol–water partition coefficient (Wildman–Crippen LogP) is 3.91. The van der Waals surface area contributed by atoms with E-state index in [-0.39, 0.29) is 23.9 Å². The fraction of sp³-hybridized carbons (Fsp3) is 0.333. The summed E-state index contributed by atoms with van der Waals surface area (Å²) in [4.78, 5) is 31.1. The zero-order valence-electron chi connectivity index (χ0n) is 19.2. The van der Waals surface area contributed by atoms with Gasteiger partial charge in [-0.15, -0.1) is 11.3 Å². The van der Waals surface area contributed by atoms with Crippen molar-refractivity contribution in [3.63, 3.8) is 0 Å². The van der Waals surface area contributed by atoms with E-state index < -0.39 is 0 Å². The number of benzene rings is 1. The summed E-state index contributed by atoms with van der Waals surface area (Å²) in [7, 11) is 0. The van der Waals surface area contributed by atoms with Crippen molar-refractivity contribution >= 4 is 22.2 Å². The fourth-order valence-corrected chi connectivity index (χ4v) is 4.78. The Labute approximate surface area is 190 Å². The number of hydrogen-bond acceptors (Lipinski definition) is 5. The molecule has 0 bridgehead atoms. The van der Waals surface area contributed by atoms with Crippen molar-refractivity contribution in [2.45, 2.75) is 54.0 Å². The van der Waals surface area contributed by atoms with E-state index in [2.05, 4.69) is 28.5 Å². The molecule has 0 aliphatic rings. The first-order chi connectivity index (χ1) is 15.2. The third-order valence-electron chi connectivity index (χ3n) is 5.35. The molecule has 1 N–H and O–H groups in total. The highest BCUT2D eigenvalue weighted by molar-refractivity contribution is 7.15. The molecule has 4 aromatic rings. The number of thiazole rings is 1. The molecule has 0 aliphatic heterocycles.